The summed E-state index contributed by atoms with van der Waals surface area (Å²) in [5, 5.41) is 3.38. The molecule has 0 bridgehead atoms. The molecule has 1 N–H and O–H groups in total. The van der Waals surface area contributed by atoms with Crippen LogP contribution >= 0.6 is 0 Å². The van der Waals surface area contributed by atoms with Crippen LogP contribution in [-0.2, 0) is 11.3 Å². The van der Waals surface area contributed by atoms with E-state index in [0.717, 1.165) is 12.1 Å². The monoisotopic (exact) mass is 281 g/mol. The Morgan fingerprint density at radius 1 is 1.15 bits per heavy atom. The van der Waals surface area contributed by atoms with Gasteiger partial charge in [0.25, 0.3) is 0 Å². The van der Waals surface area contributed by atoms with Gasteiger partial charge in [0.2, 0.25) is 5.88 Å². The summed E-state index contributed by atoms with van der Waals surface area (Å²) < 4.78 is 11.0. The van der Waals surface area contributed by atoms with Crippen molar-refractivity contribution in [2.24, 2.45) is 0 Å². The number of aromatic nitrogens is 2. The largest absolute Gasteiger partial charge is 0.476 e. The lowest BCUT2D eigenvalue weighted by Gasteiger charge is -2.22. The Hall–Kier alpha value is -1.20. The molecular formula is C15H27N3O2. The number of rotatable bonds is 7. The predicted molar refractivity (Wildman–Crippen MR) is 79.8 cm³/mol. The third kappa shape index (κ3) is 6.82. The third-order valence-electron chi connectivity index (χ3n) is 2.97. The van der Waals surface area contributed by atoms with E-state index in [-0.39, 0.29) is 11.1 Å². The van der Waals surface area contributed by atoms with Crippen molar-refractivity contribution < 1.29 is 9.47 Å². The summed E-state index contributed by atoms with van der Waals surface area (Å²) in [7, 11) is 1.71. The van der Waals surface area contributed by atoms with Crippen LogP contribution in [0.25, 0.3) is 0 Å². The van der Waals surface area contributed by atoms with E-state index in [1.165, 1.54) is 0 Å². The number of ether oxygens (including phenoxy) is 2. The molecule has 0 saturated heterocycles. The van der Waals surface area contributed by atoms with Gasteiger partial charge in [-0.15, -0.1) is 0 Å². The Balaban J connectivity index is 2.48. The van der Waals surface area contributed by atoms with Crippen LogP contribution in [0.15, 0.2) is 12.4 Å². The fourth-order valence-electron chi connectivity index (χ4n) is 1.40. The van der Waals surface area contributed by atoms with Crippen molar-refractivity contribution in [3.8, 4) is 5.88 Å². The smallest absolute Gasteiger partial charge is 0.232 e. The number of nitrogens with zero attached hydrogens (tertiary/aromatic N) is 2. The molecule has 5 heteroatoms. The summed E-state index contributed by atoms with van der Waals surface area (Å²) in [5.74, 6) is 0.560. The molecule has 1 aromatic rings. The summed E-state index contributed by atoms with van der Waals surface area (Å²) in [6.07, 6.45) is 4.20. The lowest BCUT2D eigenvalue weighted by molar-refractivity contribution is 0.00503. The highest BCUT2D eigenvalue weighted by molar-refractivity contribution is 5.08. The fraction of sp³-hybridized carbons (Fsp3) is 0.733. The average molecular weight is 281 g/mol. The first-order chi connectivity index (χ1) is 9.22. The maximum absolute atomic E-state index is 5.63. The molecule has 1 aromatic heterocycles. The van der Waals surface area contributed by atoms with Crippen LogP contribution in [0.2, 0.25) is 0 Å². The highest BCUT2D eigenvalue weighted by Gasteiger charge is 2.16. The zero-order valence-corrected chi connectivity index (χ0v) is 13.5. The van der Waals surface area contributed by atoms with Crippen molar-refractivity contribution in [1.29, 1.82) is 0 Å². The number of hydrogen-bond acceptors (Lipinski definition) is 5. The van der Waals surface area contributed by atoms with Crippen LogP contribution in [0.3, 0.4) is 0 Å². The maximum atomic E-state index is 5.63. The van der Waals surface area contributed by atoms with Gasteiger partial charge < -0.3 is 14.8 Å². The Bertz CT molecular complexity index is 414. The predicted octanol–water partition coefficient (Wildman–Crippen LogP) is 2.56. The van der Waals surface area contributed by atoms with Crippen LogP contribution in [0.5, 0.6) is 5.88 Å². The topological polar surface area (TPSA) is 56.3 Å². The van der Waals surface area contributed by atoms with E-state index < -0.39 is 0 Å². The SMILES string of the molecule is COC(C)(C)CCOc1cncc(CNC(C)(C)C)n1. The molecule has 0 spiro atoms. The van der Waals surface area contributed by atoms with Gasteiger partial charge in [-0.1, -0.05) is 0 Å². The summed E-state index contributed by atoms with van der Waals surface area (Å²) in [4.78, 5) is 8.59. The summed E-state index contributed by atoms with van der Waals surface area (Å²) in [6, 6.07) is 0. The summed E-state index contributed by atoms with van der Waals surface area (Å²) in [6.45, 7) is 11.7. The Kier molecular flexibility index (Phi) is 5.89. The zero-order chi connectivity index (χ0) is 15.2. The van der Waals surface area contributed by atoms with E-state index in [1.807, 2.05) is 13.8 Å². The normalized spacial score (nSPS) is 12.5. The second-order valence-electron chi connectivity index (χ2n) is 6.51. The van der Waals surface area contributed by atoms with Crippen molar-refractivity contribution in [1.82, 2.24) is 15.3 Å². The molecule has 0 amide bonds. The van der Waals surface area contributed by atoms with Gasteiger partial charge in [0, 0.05) is 31.8 Å². The highest BCUT2D eigenvalue weighted by Crippen LogP contribution is 2.14. The molecule has 0 aliphatic rings. The van der Waals surface area contributed by atoms with Crippen molar-refractivity contribution in [3.05, 3.63) is 18.1 Å². The maximum Gasteiger partial charge on any atom is 0.232 e. The van der Waals surface area contributed by atoms with Crippen molar-refractivity contribution >= 4 is 0 Å². The quantitative estimate of drug-likeness (QED) is 0.832. The Morgan fingerprint density at radius 2 is 1.85 bits per heavy atom. The molecule has 0 aromatic carbocycles. The second kappa shape index (κ2) is 6.99. The van der Waals surface area contributed by atoms with Gasteiger partial charge in [0.05, 0.1) is 24.1 Å². The minimum Gasteiger partial charge on any atom is -0.476 e. The summed E-state index contributed by atoms with van der Waals surface area (Å²) >= 11 is 0. The van der Waals surface area contributed by atoms with Crippen LogP contribution in [0.4, 0.5) is 0 Å². The van der Waals surface area contributed by atoms with E-state index in [4.69, 9.17) is 9.47 Å². The van der Waals surface area contributed by atoms with Crippen LogP contribution < -0.4 is 10.1 Å². The van der Waals surface area contributed by atoms with E-state index in [1.54, 1.807) is 19.5 Å². The van der Waals surface area contributed by atoms with Gasteiger partial charge in [-0.25, -0.2) is 4.98 Å². The zero-order valence-electron chi connectivity index (χ0n) is 13.5. The van der Waals surface area contributed by atoms with E-state index in [9.17, 15) is 0 Å². The molecule has 0 saturated carbocycles. The number of hydrogen-bond donors (Lipinski definition) is 1. The van der Waals surface area contributed by atoms with Gasteiger partial charge in [-0.2, -0.15) is 0 Å². The van der Waals surface area contributed by atoms with E-state index in [0.29, 0.717) is 19.0 Å². The van der Waals surface area contributed by atoms with Crippen molar-refractivity contribution in [3.63, 3.8) is 0 Å². The van der Waals surface area contributed by atoms with Crippen molar-refractivity contribution in [2.75, 3.05) is 13.7 Å². The van der Waals surface area contributed by atoms with Gasteiger partial charge in [-0.05, 0) is 34.6 Å². The second-order valence-corrected chi connectivity index (χ2v) is 6.51. The highest BCUT2D eigenvalue weighted by atomic mass is 16.5. The molecular weight excluding hydrogens is 254 g/mol. The standard InChI is InChI=1S/C15H27N3O2/c1-14(2,3)17-10-12-9-16-11-13(18-12)20-8-7-15(4,5)19-6/h9,11,17H,7-8,10H2,1-6H3. The van der Waals surface area contributed by atoms with E-state index >= 15 is 0 Å². The number of methoxy groups -OCH3 is 1. The first kappa shape index (κ1) is 16.9. The van der Waals surface area contributed by atoms with Crippen molar-refractivity contribution in [2.45, 2.75) is 58.7 Å². The lowest BCUT2D eigenvalue weighted by atomic mass is 10.1. The number of nitrogens with one attached hydrogen (secondary N) is 1. The lowest BCUT2D eigenvalue weighted by Crippen LogP contribution is -2.35. The van der Waals surface area contributed by atoms with Gasteiger partial charge >= 0.3 is 0 Å². The first-order valence-electron chi connectivity index (χ1n) is 6.96. The van der Waals surface area contributed by atoms with Crippen LogP contribution in [-0.4, -0.2) is 34.8 Å². The fourth-order valence-corrected chi connectivity index (χ4v) is 1.40. The molecule has 1 heterocycles. The Labute approximate surface area is 122 Å². The van der Waals surface area contributed by atoms with Gasteiger partial charge in [-0.3, -0.25) is 4.98 Å². The van der Waals surface area contributed by atoms with Crippen LogP contribution in [0, 0.1) is 0 Å². The molecule has 0 fully saturated rings. The first-order valence-corrected chi connectivity index (χ1v) is 6.96. The minimum absolute atomic E-state index is 0.0566. The molecule has 114 valence electrons. The minimum atomic E-state index is -0.182. The molecule has 1 rings (SSSR count). The molecule has 20 heavy (non-hydrogen) atoms. The van der Waals surface area contributed by atoms with Crippen LogP contribution in [0.1, 0.15) is 46.7 Å². The summed E-state index contributed by atoms with van der Waals surface area (Å²) in [5.41, 5.74) is 0.753. The average Bonchev–Trinajstić information content (AvgIpc) is 2.36. The van der Waals surface area contributed by atoms with Gasteiger partial charge in [0.1, 0.15) is 0 Å². The van der Waals surface area contributed by atoms with Gasteiger partial charge in [0.15, 0.2) is 0 Å². The third-order valence-corrected chi connectivity index (χ3v) is 2.97. The molecule has 0 radical (unpaired) electrons. The van der Waals surface area contributed by atoms with E-state index in [2.05, 4.69) is 36.1 Å². The molecule has 0 aliphatic carbocycles. The molecule has 0 unspecified atom stereocenters. The molecule has 0 atom stereocenters. The Morgan fingerprint density at radius 3 is 2.45 bits per heavy atom. The molecule has 5 nitrogen and oxygen atoms in total. The molecule has 0 aliphatic heterocycles.